The number of carboxylic acid groups (broad SMARTS) is 1. The summed E-state index contributed by atoms with van der Waals surface area (Å²) in [6.07, 6.45) is 1.64. The molecule has 0 unspecified atom stereocenters. The minimum atomic E-state index is -0.949. The van der Waals surface area contributed by atoms with Crippen LogP contribution in [0.15, 0.2) is 36.5 Å². The van der Waals surface area contributed by atoms with Crippen molar-refractivity contribution in [1.29, 1.82) is 0 Å². The Morgan fingerprint density at radius 1 is 1.15 bits per heavy atom. The molecule has 11 heteroatoms. The topological polar surface area (TPSA) is 120 Å². The number of carboxylic acids is 1. The van der Waals surface area contributed by atoms with E-state index in [1.165, 1.54) is 0 Å². The van der Waals surface area contributed by atoms with Gasteiger partial charge in [-0.2, -0.15) is 9.97 Å². The van der Waals surface area contributed by atoms with E-state index in [0.29, 0.717) is 67.5 Å². The molecule has 1 N–H and O–H groups in total. The van der Waals surface area contributed by atoms with Crippen molar-refractivity contribution >= 4 is 23.0 Å². The van der Waals surface area contributed by atoms with Crippen LogP contribution < -0.4 is 9.64 Å². The van der Waals surface area contributed by atoms with Crippen LogP contribution in [-0.2, 0) is 22.5 Å². The molecule has 3 aromatic heterocycles. The molecule has 1 aliphatic rings. The number of aliphatic carboxylic acids is 1. The maximum Gasteiger partial charge on any atom is 0.311 e. The number of nitrogens with zero attached hydrogens (tertiary/aromatic N) is 7. The van der Waals surface area contributed by atoms with Gasteiger partial charge in [-0.05, 0) is 12.5 Å². The van der Waals surface area contributed by atoms with E-state index in [1.54, 1.807) is 11.8 Å². The summed E-state index contributed by atoms with van der Waals surface area (Å²) < 4.78 is 14.5. The summed E-state index contributed by atoms with van der Waals surface area (Å²) in [4.78, 5) is 27.8. The molecule has 0 amide bonds. The average molecular weight is 463 g/mol. The first kappa shape index (κ1) is 21.8. The SMILES string of the molecule is CCn1c(CC(=O)O)nc2c(N3CCOCC3)nc(-n3cc(-c4ccccc4)c(OC)n3)nc21. The van der Waals surface area contributed by atoms with Crippen LogP contribution in [0.4, 0.5) is 5.82 Å². The highest BCUT2D eigenvalue weighted by Gasteiger charge is 2.25. The fourth-order valence-electron chi connectivity index (χ4n) is 4.15. The number of benzene rings is 1. The van der Waals surface area contributed by atoms with Gasteiger partial charge < -0.3 is 24.0 Å². The Morgan fingerprint density at radius 2 is 1.91 bits per heavy atom. The molecule has 11 nitrogen and oxygen atoms in total. The predicted octanol–water partition coefficient (Wildman–Crippen LogP) is 2.17. The number of hydrogen-bond acceptors (Lipinski definition) is 8. The lowest BCUT2D eigenvalue weighted by molar-refractivity contribution is -0.136. The maximum atomic E-state index is 11.5. The Bertz CT molecular complexity index is 1330. The zero-order valence-electron chi connectivity index (χ0n) is 19.0. The first-order valence-electron chi connectivity index (χ1n) is 11.1. The summed E-state index contributed by atoms with van der Waals surface area (Å²) >= 11 is 0. The van der Waals surface area contributed by atoms with Crippen molar-refractivity contribution < 1.29 is 19.4 Å². The number of ether oxygens (including phenoxy) is 2. The molecule has 5 rings (SSSR count). The van der Waals surface area contributed by atoms with Gasteiger partial charge in [-0.15, -0.1) is 5.10 Å². The molecule has 176 valence electrons. The minimum absolute atomic E-state index is 0.199. The molecule has 34 heavy (non-hydrogen) atoms. The second-order valence-corrected chi connectivity index (χ2v) is 7.82. The normalized spacial score (nSPS) is 14.0. The third-order valence-corrected chi connectivity index (χ3v) is 5.74. The van der Waals surface area contributed by atoms with E-state index >= 15 is 0 Å². The van der Waals surface area contributed by atoms with Crippen LogP contribution >= 0.6 is 0 Å². The van der Waals surface area contributed by atoms with Crippen molar-refractivity contribution in [2.45, 2.75) is 19.9 Å². The Hall–Kier alpha value is -3.99. The number of carbonyl (C=O) groups is 1. The van der Waals surface area contributed by atoms with Crippen molar-refractivity contribution in [3.63, 3.8) is 0 Å². The lowest BCUT2D eigenvalue weighted by atomic mass is 10.1. The predicted molar refractivity (Wildman–Crippen MR) is 124 cm³/mol. The molecule has 0 aliphatic carbocycles. The summed E-state index contributed by atoms with van der Waals surface area (Å²) in [5, 5.41) is 14.0. The highest BCUT2D eigenvalue weighted by atomic mass is 16.5. The Labute approximate surface area is 195 Å². The van der Waals surface area contributed by atoms with E-state index in [-0.39, 0.29) is 6.42 Å². The molecule has 0 atom stereocenters. The van der Waals surface area contributed by atoms with Gasteiger partial charge >= 0.3 is 5.97 Å². The van der Waals surface area contributed by atoms with Crippen molar-refractivity contribution in [2.24, 2.45) is 0 Å². The number of anilines is 1. The highest BCUT2D eigenvalue weighted by Crippen LogP contribution is 2.31. The van der Waals surface area contributed by atoms with Crippen LogP contribution in [0, 0.1) is 0 Å². The highest BCUT2D eigenvalue weighted by molar-refractivity contribution is 5.86. The van der Waals surface area contributed by atoms with Crippen molar-refractivity contribution in [3.05, 3.63) is 42.4 Å². The zero-order valence-corrected chi connectivity index (χ0v) is 19.0. The molecule has 4 aromatic rings. The van der Waals surface area contributed by atoms with Crippen LogP contribution in [0.5, 0.6) is 5.88 Å². The van der Waals surface area contributed by atoms with Crippen molar-refractivity contribution in [1.82, 2.24) is 29.3 Å². The van der Waals surface area contributed by atoms with Gasteiger partial charge in [-0.25, -0.2) is 9.67 Å². The fourth-order valence-corrected chi connectivity index (χ4v) is 4.15. The van der Waals surface area contributed by atoms with Crippen LogP contribution in [0.25, 0.3) is 28.2 Å². The van der Waals surface area contributed by atoms with E-state index < -0.39 is 5.97 Å². The van der Waals surface area contributed by atoms with Crippen LogP contribution in [0.2, 0.25) is 0 Å². The zero-order chi connectivity index (χ0) is 23.7. The Kier molecular flexibility index (Phi) is 5.84. The number of methoxy groups -OCH3 is 1. The molecule has 1 aromatic carbocycles. The third-order valence-electron chi connectivity index (χ3n) is 5.74. The van der Waals surface area contributed by atoms with Crippen LogP contribution in [0.1, 0.15) is 12.7 Å². The summed E-state index contributed by atoms with van der Waals surface area (Å²) in [5.74, 6) is 0.937. The van der Waals surface area contributed by atoms with Gasteiger partial charge in [-0.3, -0.25) is 4.79 Å². The van der Waals surface area contributed by atoms with Gasteiger partial charge in [0, 0.05) is 25.8 Å². The van der Waals surface area contributed by atoms with E-state index in [4.69, 9.17) is 19.4 Å². The molecular weight excluding hydrogens is 438 g/mol. The van der Waals surface area contributed by atoms with Crippen molar-refractivity contribution in [3.8, 4) is 23.0 Å². The molecule has 1 fully saturated rings. The number of rotatable bonds is 7. The van der Waals surface area contributed by atoms with Gasteiger partial charge in [0.25, 0.3) is 5.95 Å². The summed E-state index contributed by atoms with van der Waals surface area (Å²) in [7, 11) is 1.58. The van der Waals surface area contributed by atoms with E-state index in [0.717, 1.165) is 11.1 Å². The summed E-state index contributed by atoms with van der Waals surface area (Å²) in [5.41, 5.74) is 2.92. The number of aryl methyl sites for hydroxylation is 1. The van der Waals surface area contributed by atoms with E-state index in [2.05, 4.69) is 15.0 Å². The lowest BCUT2D eigenvalue weighted by Gasteiger charge is -2.28. The molecule has 1 aliphatic heterocycles. The maximum absolute atomic E-state index is 11.5. The summed E-state index contributed by atoms with van der Waals surface area (Å²) in [6, 6.07) is 9.82. The average Bonchev–Trinajstić information content (AvgIpc) is 3.45. The minimum Gasteiger partial charge on any atom is -0.481 e. The summed E-state index contributed by atoms with van der Waals surface area (Å²) in [6.45, 7) is 4.91. The van der Waals surface area contributed by atoms with Gasteiger partial charge in [0.05, 0.1) is 25.9 Å². The third kappa shape index (κ3) is 3.94. The number of morpholine rings is 1. The largest absolute Gasteiger partial charge is 0.481 e. The van der Waals surface area contributed by atoms with E-state index in [1.807, 2.05) is 48.0 Å². The van der Waals surface area contributed by atoms with Gasteiger partial charge in [-0.1, -0.05) is 30.3 Å². The number of imidazole rings is 1. The first-order chi connectivity index (χ1) is 16.6. The number of fused-ring (bicyclic) bond motifs is 1. The fraction of sp³-hybridized carbons (Fsp3) is 0.348. The standard InChI is InChI=1S/C23H25N7O4/c1-3-29-17(13-18(31)32)24-19-20(28-9-11-34-12-10-28)25-23(26-21(19)29)30-14-16(22(27-30)33-2)15-7-5-4-6-8-15/h4-8,14H,3,9-13H2,1-2H3,(H,31,32). The van der Waals surface area contributed by atoms with Crippen LogP contribution in [0.3, 0.4) is 0 Å². The molecule has 0 radical (unpaired) electrons. The number of aromatic nitrogens is 6. The quantitative estimate of drug-likeness (QED) is 0.439. The molecule has 1 saturated heterocycles. The molecule has 4 heterocycles. The molecule has 0 saturated carbocycles. The smallest absolute Gasteiger partial charge is 0.311 e. The molecular formula is C23H25N7O4. The Balaban J connectivity index is 1.70. The van der Waals surface area contributed by atoms with Gasteiger partial charge in [0.15, 0.2) is 17.0 Å². The van der Waals surface area contributed by atoms with Crippen molar-refractivity contribution in [2.75, 3.05) is 38.3 Å². The van der Waals surface area contributed by atoms with Gasteiger partial charge in [0.2, 0.25) is 5.88 Å². The number of hydrogen-bond donors (Lipinski definition) is 1. The monoisotopic (exact) mass is 463 g/mol. The van der Waals surface area contributed by atoms with E-state index in [9.17, 15) is 9.90 Å². The molecule has 0 spiro atoms. The van der Waals surface area contributed by atoms with Crippen LogP contribution in [-0.4, -0.2) is 73.8 Å². The lowest BCUT2D eigenvalue weighted by Crippen LogP contribution is -2.37. The first-order valence-corrected chi connectivity index (χ1v) is 11.1. The second-order valence-electron chi connectivity index (χ2n) is 7.82. The second kappa shape index (κ2) is 9.10. The van der Waals surface area contributed by atoms with Gasteiger partial charge in [0.1, 0.15) is 12.2 Å². The molecule has 0 bridgehead atoms. The Morgan fingerprint density at radius 3 is 2.59 bits per heavy atom.